The van der Waals surface area contributed by atoms with E-state index in [1.165, 1.54) is 110 Å². The molecule has 3 aliphatic carbocycles. The van der Waals surface area contributed by atoms with E-state index in [0.717, 1.165) is 23.7 Å². The highest BCUT2D eigenvalue weighted by atomic mass is 15.2. The molecule has 0 spiro atoms. The van der Waals surface area contributed by atoms with Gasteiger partial charge >= 0.3 is 0 Å². The van der Waals surface area contributed by atoms with Crippen molar-refractivity contribution in [1.82, 2.24) is 14.7 Å². The Bertz CT molecular complexity index is 728. The molecule has 4 atom stereocenters. The zero-order chi connectivity index (χ0) is 19.9. The lowest BCUT2D eigenvalue weighted by molar-refractivity contribution is 0.294. The van der Waals surface area contributed by atoms with E-state index in [-0.39, 0.29) is 0 Å². The van der Waals surface area contributed by atoms with Crippen LogP contribution in [0.4, 0.5) is 0 Å². The Morgan fingerprint density at radius 1 is 0.567 bits per heavy atom. The number of hydrogen-bond acceptors (Lipinski definition) is 3. The summed E-state index contributed by atoms with van der Waals surface area (Å²) in [6, 6.07) is 0. The molecule has 0 aromatic rings. The summed E-state index contributed by atoms with van der Waals surface area (Å²) >= 11 is 0. The van der Waals surface area contributed by atoms with E-state index in [1.54, 1.807) is 17.1 Å². The lowest BCUT2D eigenvalue weighted by Gasteiger charge is -2.26. The smallest absolute Gasteiger partial charge is 0.0206 e. The van der Waals surface area contributed by atoms with E-state index >= 15 is 0 Å². The molecule has 0 radical (unpaired) electrons. The minimum atomic E-state index is 0.918. The second-order valence-corrected chi connectivity index (χ2v) is 11.1. The average molecular weight is 408 g/mol. The lowest BCUT2D eigenvalue weighted by Crippen LogP contribution is -2.24. The van der Waals surface area contributed by atoms with Crippen molar-refractivity contribution in [2.24, 2.45) is 23.7 Å². The Hall–Kier alpha value is -1.38. The van der Waals surface area contributed by atoms with Crippen molar-refractivity contribution in [1.29, 1.82) is 0 Å². The molecule has 4 unspecified atom stereocenters. The largest absolute Gasteiger partial charge is 0.375 e. The van der Waals surface area contributed by atoms with Crippen LogP contribution in [0.3, 0.4) is 0 Å². The van der Waals surface area contributed by atoms with Gasteiger partial charge in [-0.25, -0.2) is 0 Å². The summed E-state index contributed by atoms with van der Waals surface area (Å²) < 4.78 is 0. The third-order valence-corrected chi connectivity index (χ3v) is 9.38. The summed E-state index contributed by atoms with van der Waals surface area (Å²) in [6.45, 7) is 7.96. The Morgan fingerprint density at radius 3 is 1.77 bits per heavy atom. The fourth-order valence-corrected chi connectivity index (χ4v) is 7.49. The zero-order valence-corrected chi connectivity index (χ0v) is 18.9. The van der Waals surface area contributed by atoms with Gasteiger partial charge in [0.15, 0.2) is 0 Å². The summed E-state index contributed by atoms with van der Waals surface area (Å²) in [5.74, 6) is 3.70. The van der Waals surface area contributed by atoms with Gasteiger partial charge in [0.25, 0.3) is 0 Å². The van der Waals surface area contributed by atoms with Gasteiger partial charge in [-0.15, -0.1) is 0 Å². The molecule has 6 aliphatic rings. The molecular weight excluding hydrogens is 366 g/mol. The Kier molecular flexibility index (Phi) is 5.33. The van der Waals surface area contributed by atoms with Gasteiger partial charge in [0.2, 0.25) is 0 Å². The highest BCUT2D eigenvalue weighted by Crippen LogP contribution is 2.43. The highest BCUT2D eigenvalue weighted by Gasteiger charge is 2.37. The highest BCUT2D eigenvalue weighted by molar-refractivity contribution is 5.16. The molecule has 3 heteroatoms. The quantitative estimate of drug-likeness (QED) is 0.606. The van der Waals surface area contributed by atoms with E-state index in [2.05, 4.69) is 32.9 Å². The van der Waals surface area contributed by atoms with Crippen molar-refractivity contribution in [2.75, 3.05) is 39.3 Å². The fraction of sp³-hybridized carbons (Fsp3) is 0.778. The molecule has 6 rings (SSSR count). The van der Waals surface area contributed by atoms with Gasteiger partial charge in [0.05, 0.1) is 0 Å². The van der Waals surface area contributed by atoms with Crippen molar-refractivity contribution >= 4 is 0 Å². The van der Waals surface area contributed by atoms with Crippen molar-refractivity contribution in [2.45, 2.75) is 70.6 Å². The number of rotatable bonds is 5. The van der Waals surface area contributed by atoms with Gasteiger partial charge in [0, 0.05) is 56.4 Å². The molecule has 0 saturated carbocycles. The SMILES string of the molecule is C1=C(N2CCCC2)CC(C2CCN(C3=CCC(C4CCN(C5=CCCC5)C4)C3)C2)C1. The zero-order valence-electron chi connectivity index (χ0n) is 18.9. The van der Waals surface area contributed by atoms with Crippen molar-refractivity contribution in [3.05, 3.63) is 35.3 Å². The topological polar surface area (TPSA) is 9.72 Å². The fourth-order valence-electron chi connectivity index (χ4n) is 7.49. The maximum absolute atomic E-state index is 2.80. The van der Waals surface area contributed by atoms with Crippen LogP contribution in [0.5, 0.6) is 0 Å². The molecule has 0 aromatic heterocycles. The van der Waals surface area contributed by atoms with E-state index in [9.17, 15) is 0 Å². The first kappa shape index (κ1) is 19.3. The summed E-state index contributed by atoms with van der Waals surface area (Å²) in [4.78, 5) is 8.21. The molecule has 164 valence electrons. The molecule has 3 saturated heterocycles. The van der Waals surface area contributed by atoms with Gasteiger partial charge < -0.3 is 14.7 Å². The summed E-state index contributed by atoms with van der Waals surface area (Å²) in [5, 5.41) is 0. The second-order valence-electron chi connectivity index (χ2n) is 11.1. The Balaban J connectivity index is 0.983. The molecule has 3 fully saturated rings. The Labute approximate surface area is 183 Å². The minimum absolute atomic E-state index is 0.918. The average Bonchev–Trinajstić information content (AvgIpc) is 3.62. The normalized spacial score (nSPS) is 36.8. The maximum atomic E-state index is 2.80. The summed E-state index contributed by atoms with van der Waals surface area (Å²) in [7, 11) is 0. The van der Waals surface area contributed by atoms with Crippen LogP contribution in [0.15, 0.2) is 35.3 Å². The number of nitrogens with zero attached hydrogens (tertiary/aromatic N) is 3. The monoisotopic (exact) mass is 407 g/mol. The molecule has 3 heterocycles. The Morgan fingerprint density at radius 2 is 1.17 bits per heavy atom. The standard InChI is InChI=1S/C27H41N3/c1-2-6-25(5-1)29-15-11-23(19-29)22-8-10-27(18-22)30-16-12-24(20-30)21-7-9-26(17-21)28-13-3-4-14-28/h5,9-10,21-24H,1-4,6-8,11-20H2. The van der Waals surface area contributed by atoms with Gasteiger partial charge in [-0.05, 0) is 94.3 Å². The van der Waals surface area contributed by atoms with Crippen molar-refractivity contribution < 1.29 is 0 Å². The molecular formula is C27H41N3. The third kappa shape index (κ3) is 3.71. The maximum Gasteiger partial charge on any atom is 0.0206 e. The van der Waals surface area contributed by atoms with Crippen LogP contribution in [-0.4, -0.2) is 54.0 Å². The van der Waals surface area contributed by atoms with Gasteiger partial charge in [-0.3, -0.25) is 0 Å². The first-order valence-corrected chi connectivity index (χ1v) is 13.2. The number of likely N-dealkylation sites (tertiary alicyclic amines) is 3. The van der Waals surface area contributed by atoms with Crippen LogP contribution in [0.2, 0.25) is 0 Å². The summed E-state index contributed by atoms with van der Waals surface area (Å²) in [6.07, 6.45) is 22.9. The van der Waals surface area contributed by atoms with E-state index in [1.807, 2.05) is 0 Å². The van der Waals surface area contributed by atoms with Gasteiger partial charge in [-0.2, -0.15) is 0 Å². The second kappa shape index (κ2) is 8.28. The van der Waals surface area contributed by atoms with Crippen LogP contribution in [0.25, 0.3) is 0 Å². The van der Waals surface area contributed by atoms with Crippen LogP contribution >= 0.6 is 0 Å². The molecule has 0 aromatic carbocycles. The number of hydrogen-bond donors (Lipinski definition) is 0. The third-order valence-electron chi connectivity index (χ3n) is 9.38. The van der Waals surface area contributed by atoms with Crippen molar-refractivity contribution in [3.8, 4) is 0 Å². The van der Waals surface area contributed by atoms with Crippen LogP contribution in [0, 0.1) is 23.7 Å². The van der Waals surface area contributed by atoms with E-state index in [0.29, 0.717) is 0 Å². The molecule has 0 bridgehead atoms. The molecule has 3 aliphatic heterocycles. The van der Waals surface area contributed by atoms with Crippen LogP contribution in [0.1, 0.15) is 70.6 Å². The first-order valence-electron chi connectivity index (χ1n) is 13.2. The predicted molar refractivity (Wildman–Crippen MR) is 124 cm³/mol. The molecule has 30 heavy (non-hydrogen) atoms. The molecule has 0 amide bonds. The first-order chi connectivity index (χ1) is 14.8. The molecule has 0 N–H and O–H groups in total. The van der Waals surface area contributed by atoms with E-state index in [4.69, 9.17) is 0 Å². The van der Waals surface area contributed by atoms with Gasteiger partial charge in [-0.1, -0.05) is 18.2 Å². The lowest BCUT2D eigenvalue weighted by atomic mass is 9.89. The number of allylic oxidation sites excluding steroid dienone is 6. The predicted octanol–water partition coefficient (Wildman–Crippen LogP) is 5.38. The van der Waals surface area contributed by atoms with Crippen LogP contribution in [-0.2, 0) is 0 Å². The minimum Gasteiger partial charge on any atom is -0.375 e. The van der Waals surface area contributed by atoms with E-state index < -0.39 is 0 Å². The summed E-state index contributed by atoms with van der Waals surface area (Å²) in [5.41, 5.74) is 5.08. The van der Waals surface area contributed by atoms with Crippen molar-refractivity contribution in [3.63, 3.8) is 0 Å². The molecule has 3 nitrogen and oxygen atoms in total. The van der Waals surface area contributed by atoms with Crippen LogP contribution < -0.4 is 0 Å². The van der Waals surface area contributed by atoms with Gasteiger partial charge in [0.1, 0.15) is 0 Å².